The molecule has 0 atom stereocenters. The van der Waals surface area contributed by atoms with Gasteiger partial charge in [0.1, 0.15) is 0 Å². The molecule has 0 aliphatic carbocycles. The van der Waals surface area contributed by atoms with E-state index in [4.69, 9.17) is 0 Å². The Balaban J connectivity index is 2.31. The van der Waals surface area contributed by atoms with E-state index < -0.39 is 10.0 Å². The van der Waals surface area contributed by atoms with E-state index in [-0.39, 0.29) is 10.7 Å². The van der Waals surface area contributed by atoms with Crippen LogP contribution in [0.5, 0.6) is 0 Å². The summed E-state index contributed by atoms with van der Waals surface area (Å²) in [5.41, 5.74) is 1.85. The van der Waals surface area contributed by atoms with Gasteiger partial charge in [0.25, 0.3) is 10.0 Å². The SMILES string of the molecule is CC(=O)c1cn(S(=O)(=O)c2ccc(C)cc2)c2ccc(Br)cc12. The van der Waals surface area contributed by atoms with E-state index in [1.165, 1.54) is 17.1 Å². The topological polar surface area (TPSA) is 56.1 Å². The first-order chi connectivity index (χ1) is 10.8. The number of hydrogen-bond acceptors (Lipinski definition) is 3. The Morgan fingerprint density at radius 3 is 2.35 bits per heavy atom. The molecule has 0 saturated heterocycles. The number of Topliss-reactive ketones (excluding diaryl/α,β-unsaturated/α-hetero) is 1. The lowest BCUT2D eigenvalue weighted by atomic mass is 10.1. The van der Waals surface area contributed by atoms with Gasteiger partial charge in [-0.25, -0.2) is 12.4 Å². The first-order valence-corrected chi connectivity index (χ1v) is 9.18. The lowest BCUT2D eigenvalue weighted by Gasteiger charge is -2.08. The average molecular weight is 392 g/mol. The molecule has 118 valence electrons. The molecule has 6 heteroatoms. The van der Waals surface area contributed by atoms with Gasteiger partial charge in [0, 0.05) is 21.6 Å². The number of fused-ring (bicyclic) bond motifs is 1. The highest BCUT2D eigenvalue weighted by atomic mass is 79.9. The molecule has 0 fully saturated rings. The number of ketones is 1. The van der Waals surface area contributed by atoms with E-state index >= 15 is 0 Å². The van der Waals surface area contributed by atoms with Crippen LogP contribution >= 0.6 is 15.9 Å². The van der Waals surface area contributed by atoms with Crippen LogP contribution in [-0.4, -0.2) is 18.2 Å². The zero-order valence-electron chi connectivity index (χ0n) is 12.6. The van der Waals surface area contributed by atoms with Crippen molar-refractivity contribution in [2.75, 3.05) is 0 Å². The fourth-order valence-electron chi connectivity index (χ4n) is 2.48. The van der Waals surface area contributed by atoms with E-state index in [9.17, 15) is 13.2 Å². The Morgan fingerprint density at radius 2 is 1.74 bits per heavy atom. The number of benzene rings is 2. The van der Waals surface area contributed by atoms with Crippen molar-refractivity contribution < 1.29 is 13.2 Å². The van der Waals surface area contributed by atoms with Gasteiger partial charge in [-0.1, -0.05) is 33.6 Å². The predicted octanol–water partition coefficient (Wildman–Crippen LogP) is 4.15. The zero-order chi connectivity index (χ0) is 16.8. The summed E-state index contributed by atoms with van der Waals surface area (Å²) in [6.45, 7) is 3.32. The van der Waals surface area contributed by atoms with Crippen molar-refractivity contribution in [3.63, 3.8) is 0 Å². The first kappa shape index (κ1) is 16.0. The summed E-state index contributed by atoms with van der Waals surface area (Å²) in [5.74, 6) is -0.175. The molecule has 1 aromatic heterocycles. The summed E-state index contributed by atoms with van der Waals surface area (Å²) in [7, 11) is -3.76. The third kappa shape index (κ3) is 2.72. The molecule has 0 spiro atoms. The van der Waals surface area contributed by atoms with Gasteiger partial charge in [-0.3, -0.25) is 4.79 Å². The van der Waals surface area contributed by atoms with Crippen LogP contribution in [-0.2, 0) is 10.0 Å². The van der Waals surface area contributed by atoms with Crippen molar-refractivity contribution in [3.05, 3.63) is 64.3 Å². The van der Waals surface area contributed by atoms with Crippen LogP contribution in [0.3, 0.4) is 0 Å². The Kier molecular flexibility index (Phi) is 3.90. The summed E-state index contributed by atoms with van der Waals surface area (Å²) in [5, 5.41) is 0.613. The van der Waals surface area contributed by atoms with Crippen LogP contribution in [0.15, 0.2) is 58.0 Å². The molecule has 0 radical (unpaired) electrons. The molecule has 0 amide bonds. The number of aromatic nitrogens is 1. The molecular weight excluding hydrogens is 378 g/mol. The Hall–Kier alpha value is -1.92. The monoisotopic (exact) mass is 391 g/mol. The van der Waals surface area contributed by atoms with Gasteiger partial charge >= 0.3 is 0 Å². The summed E-state index contributed by atoms with van der Waals surface area (Å²) in [6.07, 6.45) is 1.40. The van der Waals surface area contributed by atoms with E-state index in [2.05, 4.69) is 15.9 Å². The van der Waals surface area contributed by atoms with Gasteiger partial charge in [0.05, 0.1) is 10.4 Å². The third-order valence-electron chi connectivity index (χ3n) is 3.69. The lowest BCUT2D eigenvalue weighted by Crippen LogP contribution is -2.11. The van der Waals surface area contributed by atoms with E-state index in [0.29, 0.717) is 16.5 Å². The third-order valence-corrected chi connectivity index (χ3v) is 5.87. The first-order valence-electron chi connectivity index (χ1n) is 6.94. The second-order valence-corrected chi connectivity index (χ2v) is 8.10. The number of carbonyl (C=O) groups excluding carboxylic acids is 1. The van der Waals surface area contributed by atoms with Crippen LogP contribution in [0, 0.1) is 6.92 Å². The van der Waals surface area contributed by atoms with Gasteiger partial charge in [0.2, 0.25) is 0 Å². The lowest BCUT2D eigenvalue weighted by molar-refractivity contribution is 0.101. The highest BCUT2D eigenvalue weighted by Gasteiger charge is 2.22. The molecule has 0 unspecified atom stereocenters. The standard InChI is InChI=1S/C17H14BrNO3S/c1-11-3-6-14(7-4-11)23(21,22)19-10-16(12(2)20)15-9-13(18)5-8-17(15)19/h3-10H,1-2H3. The summed E-state index contributed by atoms with van der Waals surface area (Å²) < 4.78 is 27.8. The Bertz CT molecular complexity index is 1020. The zero-order valence-corrected chi connectivity index (χ0v) is 15.0. The highest BCUT2D eigenvalue weighted by Crippen LogP contribution is 2.29. The number of rotatable bonds is 3. The van der Waals surface area contributed by atoms with Crippen molar-refractivity contribution in [1.82, 2.24) is 3.97 Å². The van der Waals surface area contributed by atoms with Crippen molar-refractivity contribution >= 4 is 42.6 Å². The van der Waals surface area contributed by atoms with Crippen LogP contribution in [0.25, 0.3) is 10.9 Å². The number of carbonyl (C=O) groups is 1. The van der Waals surface area contributed by atoms with E-state index in [1.54, 1.807) is 42.5 Å². The summed E-state index contributed by atoms with van der Waals surface area (Å²) in [4.78, 5) is 12.1. The summed E-state index contributed by atoms with van der Waals surface area (Å²) in [6, 6.07) is 11.9. The van der Waals surface area contributed by atoms with Gasteiger partial charge in [-0.15, -0.1) is 0 Å². The van der Waals surface area contributed by atoms with Gasteiger partial charge in [0.15, 0.2) is 5.78 Å². The molecule has 0 bridgehead atoms. The molecule has 4 nitrogen and oxygen atoms in total. The largest absolute Gasteiger partial charge is 0.294 e. The van der Waals surface area contributed by atoms with E-state index in [0.717, 1.165) is 10.0 Å². The van der Waals surface area contributed by atoms with Crippen molar-refractivity contribution in [2.45, 2.75) is 18.7 Å². The van der Waals surface area contributed by atoms with Crippen LogP contribution < -0.4 is 0 Å². The molecule has 23 heavy (non-hydrogen) atoms. The second kappa shape index (κ2) is 5.62. The molecule has 0 aliphatic rings. The minimum Gasteiger partial charge on any atom is -0.294 e. The minimum absolute atomic E-state index is 0.175. The molecule has 0 saturated carbocycles. The molecule has 0 N–H and O–H groups in total. The number of halogens is 1. The minimum atomic E-state index is -3.76. The second-order valence-electron chi connectivity index (χ2n) is 5.37. The van der Waals surface area contributed by atoms with Gasteiger partial charge in [-0.05, 0) is 44.2 Å². The molecule has 2 aromatic carbocycles. The van der Waals surface area contributed by atoms with Crippen molar-refractivity contribution in [2.24, 2.45) is 0 Å². The molecule has 1 heterocycles. The van der Waals surface area contributed by atoms with Crippen molar-refractivity contribution in [1.29, 1.82) is 0 Å². The van der Waals surface area contributed by atoms with Crippen LogP contribution in [0.2, 0.25) is 0 Å². The van der Waals surface area contributed by atoms with Gasteiger partial charge < -0.3 is 0 Å². The molecular formula is C17H14BrNO3S. The highest BCUT2D eigenvalue weighted by molar-refractivity contribution is 9.10. The Morgan fingerprint density at radius 1 is 1.09 bits per heavy atom. The normalized spacial score (nSPS) is 11.8. The van der Waals surface area contributed by atoms with Crippen LogP contribution in [0.1, 0.15) is 22.8 Å². The maximum Gasteiger partial charge on any atom is 0.268 e. The number of nitrogens with zero attached hydrogens (tertiary/aromatic N) is 1. The fraction of sp³-hybridized carbons (Fsp3) is 0.118. The molecule has 0 aliphatic heterocycles. The number of hydrogen-bond donors (Lipinski definition) is 0. The van der Waals surface area contributed by atoms with Crippen molar-refractivity contribution in [3.8, 4) is 0 Å². The predicted molar refractivity (Wildman–Crippen MR) is 93.4 cm³/mol. The quantitative estimate of drug-likeness (QED) is 0.630. The number of aryl methyl sites for hydroxylation is 1. The van der Waals surface area contributed by atoms with Crippen LogP contribution in [0.4, 0.5) is 0 Å². The van der Waals surface area contributed by atoms with Gasteiger partial charge in [-0.2, -0.15) is 0 Å². The fourth-order valence-corrected chi connectivity index (χ4v) is 4.21. The Labute approximate surface area is 142 Å². The maximum atomic E-state index is 12.9. The molecule has 3 aromatic rings. The summed E-state index contributed by atoms with van der Waals surface area (Å²) >= 11 is 3.36. The van der Waals surface area contributed by atoms with E-state index in [1.807, 2.05) is 6.92 Å². The average Bonchev–Trinajstić information content (AvgIpc) is 2.87. The molecule has 3 rings (SSSR count). The smallest absolute Gasteiger partial charge is 0.268 e. The maximum absolute atomic E-state index is 12.9.